The van der Waals surface area contributed by atoms with Gasteiger partial charge in [0.1, 0.15) is 11.8 Å². The van der Waals surface area contributed by atoms with Gasteiger partial charge in [-0.2, -0.15) is 0 Å². The first-order chi connectivity index (χ1) is 14.6. The Hall–Kier alpha value is -2.54. The molecule has 6 nitrogen and oxygen atoms in total. The van der Waals surface area contributed by atoms with Gasteiger partial charge in [0.15, 0.2) is 0 Å². The highest BCUT2D eigenvalue weighted by atomic mass is 32.2. The Morgan fingerprint density at radius 2 is 1.74 bits per heavy atom. The van der Waals surface area contributed by atoms with Crippen molar-refractivity contribution in [1.29, 1.82) is 0 Å². The number of carbonyl (C=O) groups excluding carboxylic acids is 1. The van der Waals surface area contributed by atoms with E-state index in [9.17, 15) is 13.2 Å². The third-order valence-corrected chi connectivity index (χ3v) is 6.14. The van der Waals surface area contributed by atoms with Crippen molar-refractivity contribution in [3.05, 3.63) is 59.7 Å². The van der Waals surface area contributed by atoms with Crippen molar-refractivity contribution in [3.63, 3.8) is 0 Å². The van der Waals surface area contributed by atoms with Crippen LogP contribution in [0.15, 0.2) is 48.5 Å². The van der Waals surface area contributed by atoms with Gasteiger partial charge in [-0.25, -0.2) is 8.42 Å². The first kappa shape index (κ1) is 24.7. The quantitative estimate of drug-likeness (QED) is 0.531. The minimum absolute atomic E-state index is 0.118. The summed E-state index contributed by atoms with van der Waals surface area (Å²) in [6, 6.07) is 14.3. The molecule has 0 unspecified atom stereocenters. The largest absolute Gasteiger partial charge is 0.491 e. The van der Waals surface area contributed by atoms with E-state index in [2.05, 4.69) is 5.32 Å². The normalized spacial score (nSPS) is 12.5. The van der Waals surface area contributed by atoms with Gasteiger partial charge in [-0.3, -0.25) is 9.10 Å². The molecule has 0 spiro atoms. The number of amides is 1. The third-order valence-electron chi connectivity index (χ3n) is 4.90. The van der Waals surface area contributed by atoms with Crippen LogP contribution in [0.25, 0.3) is 0 Å². The van der Waals surface area contributed by atoms with Gasteiger partial charge in [0.05, 0.1) is 18.0 Å². The van der Waals surface area contributed by atoms with E-state index in [0.717, 1.165) is 42.4 Å². The number of sulfonamides is 1. The summed E-state index contributed by atoms with van der Waals surface area (Å²) in [4.78, 5) is 12.7. The summed E-state index contributed by atoms with van der Waals surface area (Å²) in [6.45, 7) is 8.08. The second-order valence-corrected chi connectivity index (χ2v) is 9.82. The van der Waals surface area contributed by atoms with Gasteiger partial charge in [-0.15, -0.1) is 0 Å². The summed E-state index contributed by atoms with van der Waals surface area (Å²) in [5.41, 5.74) is 2.73. The molecular formula is C24H34N2O4S. The number of hydrogen-bond acceptors (Lipinski definition) is 4. The predicted octanol–water partition coefficient (Wildman–Crippen LogP) is 3.94. The molecule has 0 aliphatic rings. The van der Waals surface area contributed by atoms with E-state index < -0.39 is 16.1 Å². The van der Waals surface area contributed by atoms with Crippen LogP contribution in [-0.2, 0) is 27.7 Å². The second kappa shape index (κ2) is 11.2. The lowest BCUT2D eigenvalue weighted by atomic mass is 10.1. The van der Waals surface area contributed by atoms with E-state index in [-0.39, 0.29) is 12.0 Å². The predicted molar refractivity (Wildman–Crippen MR) is 126 cm³/mol. The molecule has 2 aromatic carbocycles. The topological polar surface area (TPSA) is 75.7 Å². The summed E-state index contributed by atoms with van der Waals surface area (Å²) >= 11 is 0. The van der Waals surface area contributed by atoms with Gasteiger partial charge in [-0.05, 0) is 75.4 Å². The Balaban J connectivity index is 1.95. The lowest BCUT2D eigenvalue weighted by Gasteiger charge is -2.28. The smallest absolute Gasteiger partial charge is 0.243 e. The summed E-state index contributed by atoms with van der Waals surface area (Å²) in [6.07, 6.45) is 3.64. The Bertz CT molecular complexity index is 956. The fraction of sp³-hybridized carbons (Fsp3) is 0.458. The van der Waals surface area contributed by atoms with Crippen molar-refractivity contribution in [3.8, 4) is 5.75 Å². The zero-order valence-corrected chi connectivity index (χ0v) is 19.9. The average molecular weight is 447 g/mol. The molecule has 170 valence electrons. The van der Waals surface area contributed by atoms with Crippen molar-refractivity contribution < 1.29 is 17.9 Å². The molecule has 0 heterocycles. The van der Waals surface area contributed by atoms with Gasteiger partial charge in [-0.1, -0.05) is 31.2 Å². The molecule has 0 saturated heterocycles. The molecule has 1 N–H and O–H groups in total. The Labute approximate surface area is 186 Å². The van der Waals surface area contributed by atoms with Crippen LogP contribution in [0.2, 0.25) is 0 Å². The third kappa shape index (κ3) is 7.58. The number of nitrogens with zero attached hydrogens (tertiary/aromatic N) is 1. The van der Waals surface area contributed by atoms with Crippen LogP contribution in [0.4, 0.5) is 5.69 Å². The molecule has 0 aromatic heterocycles. The molecule has 2 aromatic rings. The SMILES string of the molecule is CCc1ccc(N([C@H](C)C(=O)NCCCc2cccc(OC(C)C)c2)S(C)(=O)=O)cc1. The highest BCUT2D eigenvalue weighted by Crippen LogP contribution is 2.22. The second-order valence-electron chi connectivity index (χ2n) is 7.96. The van der Waals surface area contributed by atoms with Gasteiger partial charge in [0.25, 0.3) is 0 Å². The fourth-order valence-electron chi connectivity index (χ4n) is 3.39. The molecule has 31 heavy (non-hydrogen) atoms. The average Bonchev–Trinajstić information content (AvgIpc) is 2.70. The Morgan fingerprint density at radius 3 is 2.32 bits per heavy atom. The lowest BCUT2D eigenvalue weighted by Crippen LogP contribution is -2.48. The summed E-state index contributed by atoms with van der Waals surface area (Å²) in [7, 11) is -3.61. The maximum atomic E-state index is 12.7. The number of nitrogens with one attached hydrogen (secondary N) is 1. The molecule has 1 amide bonds. The molecule has 0 saturated carbocycles. The monoisotopic (exact) mass is 446 g/mol. The van der Waals surface area contributed by atoms with Crippen molar-refractivity contribution in [1.82, 2.24) is 5.32 Å². The lowest BCUT2D eigenvalue weighted by molar-refractivity contribution is -0.121. The van der Waals surface area contributed by atoms with Crippen molar-refractivity contribution in [2.24, 2.45) is 0 Å². The highest BCUT2D eigenvalue weighted by Gasteiger charge is 2.28. The molecule has 0 fully saturated rings. The number of rotatable bonds is 11. The summed E-state index contributed by atoms with van der Waals surface area (Å²) < 4.78 is 31.7. The van der Waals surface area contributed by atoms with Crippen LogP contribution < -0.4 is 14.4 Å². The molecule has 0 bridgehead atoms. The van der Waals surface area contributed by atoms with Gasteiger partial charge < -0.3 is 10.1 Å². The zero-order valence-electron chi connectivity index (χ0n) is 19.1. The molecule has 0 aliphatic heterocycles. The van der Waals surface area contributed by atoms with Gasteiger partial charge in [0, 0.05) is 6.54 Å². The first-order valence-corrected chi connectivity index (χ1v) is 12.6. The minimum atomic E-state index is -3.61. The minimum Gasteiger partial charge on any atom is -0.491 e. The molecule has 0 radical (unpaired) electrons. The summed E-state index contributed by atoms with van der Waals surface area (Å²) in [5.74, 6) is 0.518. The van der Waals surface area contributed by atoms with Crippen LogP contribution >= 0.6 is 0 Å². The molecule has 0 aliphatic carbocycles. The maximum absolute atomic E-state index is 12.7. The number of anilines is 1. The van der Waals surface area contributed by atoms with Crippen LogP contribution in [0.5, 0.6) is 5.75 Å². The van der Waals surface area contributed by atoms with Crippen LogP contribution in [-0.4, -0.2) is 39.3 Å². The number of benzene rings is 2. The van der Waals surface area contributed by atoms with Crippen molar-refractivity contribution >= 4 is 21.6 Å². The van der Waals surface area contributed by atoms with E-state index in [1.165, 1.54) is 4.31 Å². The standard InChI is InChI=1S/C24H34N2O4S/c1-6-20-12-14-22(15-13-20)26(31(5,28)29)19(4)24(27)25-16-8-10-21-9-7-11-23(17-21)30-18(2)3/h7,9,11-15,17-19H,6,8,10,16H2,1-5H3,(H,25,27)/t19-/m1/s1. The van der Waals surface area contributed by atoms with Crippen LogP contribution in [0.1, 0.15) is 45.2 Å². The highest BCUT2D eigenvalue weighted by molar-refractivity contribution is 7.92. The maximum Gasteiger partial charge on any atom is 0.243 e. The van der Waals surface area contributed by atoms with E-state index in [1.54, 1.807) is 19.1 Å². The number of ether oxygens (including phenoxy) is 1. The van der Waals surface area contributed by atoms with E-state index in [1.807, 2.05) is 57.2 Å². The number of aryl methyl sites for hydroxylation is 2. The van der Waals surface area contributed by atoms with E-state index >= 15 is 0 Å². The van der Waals surface area contributed by atoms with Crippen molar-refractivity contribution in [2.75, 3.05) is 17.1 Å². The summed E-state index contributed by atoms with van der Waals surface area (Å²) in [5, 5.41) is 2.87. The van der Waals surface area contributed by atoms with Gasteiger partial charge in [0.2, 0.25) is 15.9 Å². The first-order valence-electron chi connectivity index (χ1n) is 10.7. The van der Waals surface area contributed by atoms with Crippen LogP contribution in [0.3, 0.4) is 0 Å². The molecular weight excluding hydrogens is 412 g/mol. The van der Waals surface area contributed by atoms with Gasteiger partial charge >= 0.3 is 0 Å². The fourth-order valence-corrected chi connectivity index (χ4v) is 4.56. The molecule has 1 atom stereocenters. The molecule has 2 rings (SSSR count). The van der Waals surface area contributed by atoms with Crippen molar-refractivity contribution in [2.45, 2.75) is 59.1 Å². The van der Waals surface area contributed by atoms with E-state index in [4.69, 9.17) is 4.74 Å². The number of hydrogen-bond donors (Lipinski definition) is 1. The Kier molecular flexibility index (Phi) is 8.92. The molecule has 7 heteroatoms. The number of carbonyl (C=O) groups is 1. The Morgan fingerprint density at radius 1 is 1.06 bits per heavy atom. The van der Waals surface area contributed by atoms with E-state index in [0.29, 0.717) is 12.2 Å². The van der Waals surface area contributed by atoms with Crippen LogP contribution in [0, 0.1) is 0 Å². The zero-order chi connectivity index (χ0) is 23.0.